The summed E-state index contributed by atoms with van der Waals surface area (Å²) in [5.74, 6) is 0.419. The standard InChI is InChI=1S/C17H36N2O2/c1-7-15(6)14-17(8-2,16(20)21-11-5)18-12-13-19(9-3)10-4/h15,18H,7-14H2,1-6H3. The van der Waals surface area contributed by atoms with Gasteiger partial charge in [0.1, 0.15) is 5.54 Å². The minimum Gasteiger partial charge on any atom is -0.465 e. The Balaban J connectivity index is 4.80. The summed E-state index contributed by atoms with van der Waals surface area (Å²) >= 11 is 0. The van der Waals surface area contributed by atoms with E-state index in [2.05, 4.69) is 44.8 Å². The molecule has 0 saturated carbocycles. The molecule has 0 heterocycles. The van der Waals surface area contributed by atoms with Gasteiger partial charge in [0, 0.05) is 13.1 Å². The molecule has 0 spiro atoms. The summed E-state index contributed by atoms with van der Waals surface area (Å²) in [6, 6.07) is 0. The first-order chi connectivity index (χ1) is 9.99. The van der Waals surface area contributed by atoms with Gasteiger partial charge in [-0.05, 0) is 38.8 Å². The van der Waals surface area contributed by atoms with E-state index in [4.69, 9.17) is 4.74 Å². The van der Waals surface area contributed by atoms with Gasteiger partial charge >= 0.3 is 5.97 Å². The second kappa shape index (κ2) is 11.0. The summed E-state index contributed by atoms with van der Waals surface area (Å²) in [6.45, 7) is 17.0. The van der Waals surface area contributed by atoms with Crippen LogP contribution in [-0.4, -0.2) is 49.2 Å². The van der Waals surface area contributed by atoms with Gasteiger partial charge in [0.15, 0.2) is 0 Å². The lowest BCUT2D eigenvalue weighted by Crippen LogP contribution is -2.55. The first-order valence-corrected chi connectivity index (χ1v) is 8.64. The van der Waals surface area contributed by atoms with Crippen LogP contribution >= 0.6 is 0 Å². The van der Waals surface area contributed by atoms with Gasteiger partial charge in [-0.15, -0.1) is 0 Å². The highest BCUT2D eigenvalue weighted by Crippen LogP contribution is 2.24. The Kier molecular flexibility index (Phi) is 10.7. The number of rotatable bonds is 12. The predicted molar refractivity (Wildman–Crippen MR) is 89.5 cm³/mol. The number of hydrogen-bond donors (Lipinski definition) is 1. The van der Waals surface area contributed by atoms with E-state index in [0.29, 0.717) is 12.5 Å². The van der Waals surface area contributed by atoms with E-state index in [1.54, 1.807) is 0 Å². The normalized spacial score (nSPS) is 15.8. The lowest BCUT2D eigenvalue weighted by atomic mass is 9.84. The van der Waals surface area contributed by atoms with E-state index in [1.165, 1.54) is 0 Å². The Labute approximate surface area is 131 Å². The first-order valence-electron chi connectivity index (χ1n) is 8.64. The number of likely N-dealkylation sites (N-methyl/N-ethyl adjacent to an activating group) is 1. The molecule has 1 N–H and O–H groups in total. The van der Waals surface area contributed by atoms with Crippen molar-refractivity contribution in [3.8, 4) is 0 Å². The molecule has 0 bridgehead atoms. The van der Waals surface area contributed by atoms with E-state index in [9.17, 15) is 4.79 Å². The fourth-order valence-electron chi connectivity index (χ4n) is 2.64. The molecule has 0 fully saturated rings. The van der Waals surface area contributed by atoms with E-state index in [1.807, 2.05) is 6.92 Å². The van der Waals surface area contributed by atoms with Crippen molar-refractivity contribution in [2.75, 3.05) is 32.8 Å². The third-order valence-electron chi connectivity index (χ3n) is 4.45. The van der Waals surface area contributed by atoms with Crippen molar-refractivity contribution in [1.29, 1.82) is 0 Å². The van der Waals surface area contributed by atoms with Crippen LogP contribution in [0.15, 0.2) is 0 Å². The molecular formula is C17H36N2O2. The van der Waals surface area contributed by atoms with Gasteiger partial charge in [0.2, 0.25) is 0 Å². The molecule has 126 valence electrons. The van der Waals surface area contributed by atoms with Gasteiger partial charge in [0.05, 0.1) is 6.61 Å². The van der Waals surface area contributed by atoms with Crippen molar-refractivity contribution in [3.63, 3.8) is 0 Å². The molecule has 0 saturated heterocycles. The number of ether oxygens (including phenoxy) is 1. The van der Waals surface area contributed by atoms with Gasteiger partial charge < -0.3 is 15.0 Å². The lowest BCUT2D eigenvalue weighted by Gasteiger charge is -2.34. The average molecular weight is 300 g/mol. The monoisotopic (exact) mass is 300 g/mol. The molecular weight excluding hydrogens is 264 g/mol. The SMILES string of the molecule is CCOC(=O)C(CC)(CC(C)CC)NCCN(CC)CC. The number of nitrogens with zero attached hydrogens (tertiary/aromatic N) is 1. The molecule has 2 unspecified atom stereocenters. The number of nitrogens with one attached hydrogen (secondary N) is 1. The van der Waals surface area contributed by atoms with Crippen molar-refractivity contribution >= 4 is 5.97 Å². The fraction of sp³-hybridized carbons (Fsp3) is 0.941. The molecule has 0 aromatic carbocycles. The predicted octanol–water partition coefficient (Wildman–Crippen LogP) is 3.07. The molecule has 0 aliphatic carbocycles. The minimum absolute atomic E-state index is 0.0904. The summed E-state index contributed by atoms with van der Waals surface area (Å²) in [6.07, 6.45) is 2.70. The molecule has 4 heteroatoms. The van der Waals surface area contributed by atoms with Crippen LogP contribution in [0, 0.1) is 5.92 Å². The first kappa shape index (κ1) is 20.4. The Bertz CT molecular complexity index is 280. The van der Waals surface area contributed by atoms with Gasteiger partial charge in [0.25, 0.3) is 0 Å². The quantitative estimate of drug-likeness (QED) is 0.562. The summed E-state index contributed by atoms with van der Waals surface area (Å²) in [5, 5.41) is 3.52. The van der Waals surface area contributed by atoms with Crippen LogP contribution < -0.4 is 5.32 Å². The Morgan fingerprint density at radius 3 is 2.24 bits per heavy atom. The van der Waals surface area contributed by atoms with Crippen LogP contribution in [0.4, 0.5) is 0 Å². The van der Waals surface area contributed by atoms with Gasteiger partial charge in [-0.2, -0.15) is 0 Å². The Morgan fingerprint density at radius 2 is 1.81 bits per heavy atom. The van der Waals surface area contributed by atoms with Crippen LogP contribution in [0.1, 0.15) is 60.8 Å². The summed E-state index contributed by atoms with van der Waals surface area (Å²) in [7, 11) is 0. The van der Waals surface area contributed by atoms with E-state index in [-0.39, 0.29) is 5.97 Å². The molecule has 0 radical (unpaired) electrons. The smallest absolute Gasteiger partial charge is 0.326 e. The van der Waals surface area contributed by atoms with Crippen LogP contribution in [0.25, 0.3) is 0 Å². The maximum Gasteiger partial charge on any atom is 0.326 e. The number of carbonyl (C=O) groups excluding carboxylic acids is 1. The van der Waals surface area contributed by atoms with Crippen LogP contribution in [0.3, 0.4) is 0 Å². The van der Waals surface area contributed by atoms with Crippen molar-refractivity contribution in [3.05, 3.63) is 0 Å². The molecule has 0 aromatic rings. The summed E-state index contributed by atoms with van der Waals surface area (Å²) in [5.41, 5.74) is -0.529. The van der Waals surface area contributed by atoms with Crippen molar-refractivity contribution in [2.24, 2.45) is 5.92 Å². The average Bonchev–Trinajstić information content (AvgIpc) is 2.50. The van der Waals surface area contributed by atoms with Crippen molar-refractivity contribution in [1.82, 2.24) is 10.2 Å². The molecule has 0 aromatic heterocycles. The zero-order valence-corrected chi connectivity index (χ0v) is 15.0. The highest BCUT2D eigenvalue weighted by atomic mass is 16.5. The van der Waals surface area contributed by atoms with Crippen LogP contribution in [0.2, 0.25) is 0 Å². The number of esters is 1. The maximum atomic E-state index is 12.5. The van der Waals surface area contributed by atoms with Crippen molar-refractivity contribution in [2.45, 2.75) is 66.3 Å². The zero-order chi connectivity index (χ0) is 16.3. The minimum atomic E-state index is -0.529. The largest absolute Gasteiger partial charge is 0.465 e. The molecule has 21 heavy (non-hydrogen) atoms. The third kappa shape index (κ3) is 6.79. The van der Waals surface area contributed by atoms with Crippen LogP contribution in [-0.2, 0) is 9.53 Å². The Hall–Kier alpha value is -0.610. The topological polar surface area (TPSA) is 41.6 Å². The van der Waals surface area contributed by atoms with E-state index >= 15 is 0 Å². The Morgan fingerprint density at radius 1 is 1.19 bits per heavy atom. The number of hydrogen-bond acceptors (Lipinski definition) is 4. The molecule has 0 aliphatic rings. The highest BCUT2D eigenvalue weighted by molar-refractivity contribution is 5.80. The summed E-state index contributed by atoms with van der Waals surface area (Å²) < 4.78 is 5.34. The highest BCUT2D eigenvalue weighted by Gasteiger charge is 2.38. The molecule has 4 nitrogen and oxygen atoms in total. The fourth-order valence-corrected chi connectivity index (χ4v) is 2.64. The second-order valence-corrected chi connectivity index (χ2v) is 5.83. The number of carbonyl (C=O) groups is 1. The van der Waals surface area contributed by atoms with Gasteiger partial charge in [-0.1, -0.05) is 41.0 Å². The molecule has 0 rings (SSSR count). The molecule has 0 amide bonds. The van der Waals surface area contributed by atoms with E-state index in [0.717, 1.165) is 45.4 Å². The molecule has 2 atom stereocenters. The molecule has 0 aliphatic heterocycles. The zero-order valence-electron chi connectivity index (χ0n) is 15.0. The van der Waals surface area contributed by atoms with Crippen molar-refractivity contribution < 1.29 is 9.53 Å². The van der Waals surface area contributed by atoms with E-state index < -0.39 is 5.54 Å². The van der Waals surface area contributed by atoms with Gasteiger partial charge in [-0.25, -0.2) is 0 Å². The lowest BCUT2D eigenvalue weighted by molar-refractivity contribution is -0.152. The summed E-state index contributed by atoms with van der Waals surface area (Å²) in [4.78, 5) is 14.8. The maximum absolute atomic E-state index is 12.5. The second-order valence-electron chi connectivity index (χ2n) is 5.83. The van der Waals surface area contributed by atoms with Gasteiger partial charge in [-0.3, -0.25) is 4.79 Å². The van der Waals surface area contributed by atoms with Crippen LogP contribution in [0.5, 0.6) is 0 Å². The third-order valence-corrected chi connectivity index (χ3v) is 4.45.